The lowest BCUT2D eigenvalue weighted by atomic mass is 9.55. The van der Waals surface area contributed by atoms with Gasteiger partial charge >= 0.3 is 0 Å². The third-order valence-electron chi connectivity index (χ3n) is 8.87. The zero-order valence-corrected chi connectivity index (χ0v) is 22.6. The third-order valence-corrected chi connectivity index (χ3v) is 9.40. The molecule has 2 spiro atoms. The molecule has 3 aromatic carbocycles. The molecule has 3 aliphatic rings. The standard InChI is InChI=1S/C31H29Cl2FN2O2/c1-18-8-10-19(11-9-18)16-25(37)28-26(21-6-5-7-23(33)27(21)34)31(30(36-28)14-3-2-4-15-30)22-13-12-20(32)17-24(22)35-29(31)38/h5-13,17,26,28,36H,2-4,14-16H2,1H3,(H,35,38)/t26-,28-,31+/m0/s1. The third kappa shape index (κ3) is 3.74. The summed E-state index contributed by atoms with van der Waals surface area (Å²) in [6, 6.07) is 17.3. The van der Waals surface area contributed by atoms with Gasteiger partial charge in [0.2, 0.25) is 5.91 Å². The van der Waals surface area contributed by atoms with E-state index in [2.05, 4.69) is 10.6 Å². The van der Waals surface area contributed by atoms with E-state index in [0.717, 1.165) is 36.0 Å². The normalized spacial score (nSPS) is 25.5. The van der Waals surface area contributed by atoms with Gasteiger partial charge in [-0.05, 0) is 54.7 Å². The summed E-state index contributed by atoms with van der Waals surface area (Å²) in [6.07, 6.45) is 4.46. The Balaban J connectivity index is 1.58. The molecule has 0 aromatic heterocycles. The van der Waals surface area contributed by atoms with Gasteiger partial charge in [-0.3, -0.25) is 14.9 Å². The number of rotatable bonds is 4. The van der Waals surface area contributed by atoms with Gasteiger partial charge in [-0.2, -0.15) is 0 Å². The Labute approximate surface area is 231 Å². The maximum Gasteiger partial charge on any atom is 0.237 e. The van der Waals surface area contributed by atoms with Gasteiger partial charge in [-0.15, -0.1) is 0 Å². The molecule has 2 N–H and O–H groups in total. The van der Waals surface area contributed by atoms with Crippen molar-refractivity contribution in [3.05, 3.63) is 98.8 Å². The Morgan fingerprint density at radius 2 is 1.76 bits per heavy atom. The average Bonchev–Trinajstić information content (AvgIpc) is 3.35. The lowest BCUT2D eigenvalue weighted by Gasteiger charge is -2.47. The number of hydrogen-bond donors (Lipinski definition) is 2. The van der Waals surface area contributed by atoms with Gasteiger partial charge in [-0.1, -0.05) is 90.5 Å². The van der Waals surface area contributed by atoms with E-state index < -0.39 is 28.7 Å². The Morgan fingerprint density at radius 3 is 2.50 bits per heavy atom. The Bertz CT molecular complexity index is 1430. The molecule has 2 fully saturated rings. The number of Topliss-reactive ketones (excluding diaryl/α,β-unsaturated/α-hetero) is 1. The number of carbonyl (C=O) groups excluding carboxylic acids is 2. The summed E-state index contributed by atoms with van der Waals surface area (Å²) in [4.78, 5) is 28.5. The summed E-state index contributed by atoms with van der Waals surface area (Å²) < 4.78 is 15.9. The van der Waals surface area contributed by atoms with E-state index >= 15 is 4.39 Å². The van der Waals surface area contributed by atoms with Crippen molar-refractivity contribution in [2.45, 2.75) is 68.4 Å². The average molecular weight is 551 g/mol. The number of anilines is 1. The van der Waals surface area contributed by atoms with Crippen LogP contribution in [0.2, 0.25) is 10.0 Å². The summed E-state index contributed by atoms with van der Waals surface area (Å²) in [5.41, 5.74) is 1.73. The van der Waals surface area contributed by atoms with Gasteiger partial charge in [-0.25, -0.2) is 4.39 Å². The van der Waals surface area contributed by atoms with Crippen molar-refractivity contribution >= 4 is 40.6 Å². The first kappa shape index (κ1) is 25.5. The van der Waals surface area contributed by atoms with Gasteiger partial charge < -0.3 is 5.32 Å². The molecule has 4 nitrogen and oxygen atoms in total. The molecule has 0 radical (unpaired) electrons. The summed E-state index contributed by atoms with van der Waals surface area (Å²) in [5.74, 6) is -1.68. The molecule has 2 heterocycles. The van der Waals surface area contributed by atoms with Crippen LogP contribution in [0.4, 0.5) is 10.1 Å². The highest BCUT2D eigenvalue weighted by molar-refractivity contribution is 6.31. The smallest absolute Gasteiger partial charge is 0.237 e. The zero-order valence-electron chi connectivity index (χ0n) is 21.1. The highest BCUT2D eigenvalue weighted by Crippen LogP contribution is 2.62. The Kier molecular flexibility index (Phi) is 6.37. The molecule has 2 aliphatic heterocycles. The Hall–Kier alpha value is -2.73. The topological polar surface area (TPSA) is 58.2 Å². The number of ketones is 1. The van der Waals surface area contributed by atoms with Crippen LogP contribution in [0.15, 0.2) is 60.7 Å². The van der Waals surface area contributed by atoms with E-state index in [0.29, 0.717) is 23.6 Å². The molecule has 1 amide bonds. The second-order valence-corrected chi connectivity index (χ2v) is 11.8. The molecular weight excluding hydrogens is 522 g/mol. The highest BCUT2D eigenvalue weighted by atomic mass is 35.5. The largest absolute Gasteiger partial charge is 0.325 e. The van der Waals surface area contributed by atoms with Crippen LogP contribution in [0.25, 0.3) is 0 Å². The lowest BCUT2D eigenvalue weighted by molar-refractivity contribution is -0.124. The van der Waals surface area contributed by atoms with Crippen LogP contribution in [-0.2, 0) is 21.4 Å². The first-order valence-electron chi connectivity index (χ1n) is 13.2. The van der Waals surface area contributed by atoms with Gasteiger partial charge in [0.15, 0.2) is 5.78 Å². The zero-order chi connectivity index (χ0) is 26.7. The molecule has 0 unspecified atom stereocenters. The summed E-state index contributed by atoms with van der Waals surface area (Å²) in [5, 5.41) is 7.24. The Morgan fingerprint density at radius 1 is 1.03 bits per heavy atom. The van der Waals surface area contributed by atoms with Crippen molar-refractivity contribution in [2.75, 3.05) is 5.32 Å². The molecule has 6 rings (SSSR count). The number of amides is 1. The van der Waals surface area contributed by atoms with E-state index in [1.165, 1.54) is 6.07 Å². The predicted molar refractivity (Wildman–Crippen MR) is 149 cm³/mol. The molecule has 1 aliphatic carbocycles. The fraction of sp³-hybridized carbons (Fsp3) is 0.355. The van der Waals surface area contributed by atoms with E-state index in [9.17, 15) is 9.59 Å². The van der Waals surface area contributed by atoms with Gasteiger partial charge in [0.05, 0.1) is 11.1 Å². The van der Waals surface area contributed by atoms with E-state index in [4.69, 9.17) is 23.2 Å². The number of aryl methyl sites for hydroxylation is 1. The van der Waals surface area contributed by atoms with E-state index in [-0.39, 0.29) is 28.7 Å². The van der Waals surface area contributed by atoms with E-state index in [1.807, 2.05) is 37.3 Å². The summed E-state index contributed by atoms with van der Waals surface area (Å²) in [7, 11) is 0. The highest BCUT2D eigenvalue weighted by Gasteiger charge is 2.72. The predicted octanol–water partition coefficient (Wildman–Crippen LogP) is 6.90. The van der Waals surface area contributed by atoms with Gasteiger partial charge in [0.25, 0.3) is 0 Å². The molecule has 0 bridgehead atoms. The van der Waals surface area contributed by atoms with Crippen LogP contribution in [-0.4, -0.2) is 23.3 Å². The number of halogens is 3. The van der Waals surface area contributed by atoms with Crippen LogP contribution >= 0.6 is 23.2 Å². The SMILES string of the molecule is Cc1ccc(CC(=O)[C@@H]2NC3(CCCCC3)[C@@]3(C(=O)Nc4cc(Cl)ccc43)[C@H]2c2cccc(Cl)c2F)cc1. The lowest BCUT2D eigenvalue weighted by Crippen LogP contribution is -2.60. The number of nitrogens with one attached hydrogen (secondary N) is 2. The fourth-order valence-electron chi connectivity index (χ4n) is 7.28. The van der Waals surface area contributed by atoms with Crippen LogP contribution in [0, 0.1) is 12.7 Å². The maximum absolute atomic E-state index is 15.9. The molecule has 1 saturated carbocycles. The van der Waals surface area contributed by atoms with Crippen molar-refractivity contribution in [3.63, 3.8) is 0 Å². The van der Waals surface area contributed by atoms with E-state index in [1.54, 1.807) is 24.3 Å². The number of fused-ring (bicyclic) bond motifs is 3. The van der Waals surface area contributed by atoms with Crippen LogP contribution in [0.5, 0.6) is 0 Å². The van der Waals surface area contributed by atoms with Crippen molar-refractivity contribution in [3.8, 4) is 0 Å². The first-order chi connectivity index (χ1) is 18.3. The monoisotopic (exact) mass is 550 g/mol. The second-order valence-electron chi connectivity index (χ2n) is 11.0. The minimum Gasteiger partial charge on any atom is -0.325 e. The van der Waals surface area contributed by atoms with Crippen molar-refractivity contribution in [2.24, 2.45) is 0 Å². The fourth-order valence-corrected chi connectivity index (χ4v) is 7.64. The van der Waals surface area contributed by atoms with Gasteiger partial charge in [0.1, 0.15) is 11.2 Å². The molecule has 3 atom stereocenters. The quantitative estimate of drug-likeness (QED) is 0.371. The van der Waals surface area contributed by atoms with Gasteiger partial charge in [0, 0.05) is 28.6 Å². The van der Waals surface area contributed by atoms with Crippen LogP contribution in [0.3, 0.4) is 0 Å². The second kappa shape index (κ2) is 9.48. The van der Waals surface area contributed by atoms with Crippen LogP contribution in [0.1, 0.15) is 60.3 Å². The minimum atomic E-state index is -1.20. The maximum atomic E-state index is 15.9. The molecular formula is C31H29Cl2FN2O2. The number of carbonyl (C=O) groups is 2. The first-order valence-corrected chi connectivity index (χ1v) is 13.9. The van der Waals surface area contributed by atoms with Crippen LogP contribution < -0.4 is 10.6 Å². The molecule has 7 heteroatoms. The van der Waals surface area contributed by atoms with Crippen molar-refractivity contribution in [1.82, 2.24) is 5.32 Å². The van der Waals surface area contributed by atoms with Crippen molar-refractivity contribution in [1.29, 1.82) is 0 Å². The molecule has 196 valence electrons. The molecule has 1 saturated heterocycles. The molecule has 38 heavy (non-hydrogen) atoms. The van der Waals surface area contributed by atoms with Crippen molar-refractivity contribution < 1.29 is 14.0 Å². The number of hydrogen-bond acceptors (Lipinski definition) is 3. The number of benzene rings is 3. The summed E-state index contributed by atoms with van der Waals surface area (Å²) in [6.45, 7) is 2.00. The summed E-state index contributed by atoms with van der Waals surface area (Å²) >= 11 is 12.6. The molecule has 3 aromatic rings. The minimum absolute atomic E-state index is 0.0262.